The van der Waals surface area contributed by atoms with Crippen molar-refractivity contribution in [3.05, 3.63) is 0 Å². The van der Waals surface area contributed by atoms with Crippen LogP contribution in [0.1, 0.15) is 27.2 Å². The maximum absolute atomic E-state index is 12.1. The first-order valence-electron chi connectivity index (χ1n) is 5.57. The lowest BCUT2D eigenvalue weighted by Crippen LogP contribution is -2.47. The van der Waals surface area contributed by atoms with Crippen molar-refractivity contribution < 1.29 is 8.42 Å². The van der Waals surface area contributed by atoms with Gasteiger partial charge < -0.3 is 5.73 Å². The first kappa shape index (κ1) is 12.9. The lowest BCUT2D eigenvalue weighted by atomic mass is 9.94. The van der Waals surface area contributed by atoms with Crippen molar-refractivity contribution in [2.24, 2.45) is 17.6 Å². The average molecular weight is 234 g/mol. The number of nitrogens with zero attached hydrogens (tertiary/aromatic N) is 1. The average Bonchev–Trinajstić information content (AvgIpc) is 2.15. The van der Waals surface area contributed by atoms with E-state index >= 15 is 0 Å². The molecule has 15 heavy (non-hydrogen) atoms. The molecular weight excluding hydrogens is 212 g/mol. The smallest absolute Gasteiger partial charge is 0.217 e. The number of hydrogen-bond acceptors (Lipinski definition) is 3. The molecule has 2 N–H and O–H groups in total. The highest BCUT2D eigenvalue weighted by atomic mass is 32.2. The zero-order valence-corrected chi connectivity index (χ0v) is 10.6. The Morgan fingerprint density at radius 2 is 1.80 bits per heavy atom. The molecule has 0 saturated carbocycles. The molecule has 1 aliphatic heterocycles. The molecule has 1 fully saturated rings. The van der Waals surface area contributed by atoms with Crippen LogP contribution in [0, 0.1) is 11.8 Å². The fraction of sp³-hybridized carbons (Fsp3) is 1.00. The maximum Gasteiger partial charge on any atom is 0.217 e. The molecule has 1 rings (SSSR count). The maximum atomic E-state index is 12.1. The summed E-state index contributed by atoms with van der Waals surface area (Å²) in [6.45, 7) is 7.38. The summed E-state index contributed by atoms with van der Waals surface area (Å²) in [7, 11) is -3.17. The normalized spacial score (nSPS) is 31.5. The van der Waals surface area contributed by atoms with Crippen molar-refractivity contribution >= 4 is 10.0 Å². The van der Waals surface area contributed by atoms with E-state index in [0.717, 1.165) is 6.42 Å². The second-order valence-electron chi connectivity index (χ2n) is 4.85. The van der Waals surface area contributed by atoms with Crippen LogP contribution < -0.4 is 5.73 Å². The molecule has 0 bridgehead atoms. The van der Waals surface area contributed by atoms with Crippen LogP contribution in [0.5, 0.6) is 0 Å². The molecule has 1 saturated heterocycles. The third-order valence-electron chi connectivity index (χ3n) is 3.04. The monoisotopic (exact) mass is 234 g/mol. The van der Waals surface area contributed by atoms with Crippen LogP contribution in [0.25, 0.3) is 0 Å². The van der Waals surface area contributed by atoms with Crippen molar-refractivity contribution in [1.29, 1.82) is 0 Å². The van der Waals surface area contributed by atoms with Crippen LogP contribution in [-0.4, -0.2) is 37.6 Å². The third-order valence-corrected chi connectivity index (χ3v) is 5.26. The van der Waals surface area contributed by atoms with Crippen LogP contribution in [-0.2, 0) is 10.0 Å². The molecule has 3 atom stereocenters. The van der Waals surface area contributed by atoms with Crippen molar-refractivity contribution in [3.8, 4) is 0 Å². The highest BCUT2D eigenvalue weighted by Gasteiger charge is 2.33. The number of sulfonamides is 1. The van der Waals surface area contributed by atoms with E-state index < -0.39 is 15.3 Å². The van der Waals surface area contributed by atoms with Gasteiger partial charge >= 0.3 is 0 Å². The van der Waals surface area contributed by atoms with Gasteiger partial charge in [-0.15, -0.1) is 0 Å². The zero-order valence-electron chi connectivity index (χ0n) is 9.81. The van der Waals surface area contributed by atoms with E-state index in [1.54, 1.807) is 11.2 Å². The zero-order chi connectivity index (χ0) is 11.6. The van der Waals surface area contributed by atoms with Gasteiger partial charge in [0.15, 0.2) is 0 Å². The molecular formula is C10H22N2O2S. The molecule has 0 aromatic rings. The van der Waals surface area contributed by atoms with E-state index in [1.165, 1.54) is 0 Å². The fourth-order valence-electron chi connectivity index (χ4n) is 2.19. The van der Waals surface area contributed by atoms with E-state index in [9.17, 15) is 8.42 Å². The molecule has 5 heteroatoms. The van der Waals surface area contributed by atoms with E-state index in [4.69, 9.17) is 5.73 Å². The van der Waals surface area contributed by atoms with Gasteiger partial charge in [0.2, 0.25) is 10.0 Å². The van der Waals surface area contributed by atoms with Gasteiger partial charge in [-0.1, -0.05) is 13.8 Å². The van der Waals surface area contributed by atoms with Gasteiger partial charge in [0, 0.05) is 19.6 Å². The van der Waals surface area contributed by atoms with Gasteiger partial charge in [-0.05, 0) is 25.2 Å². The molecule has 0 aromatic heterocycles. The molecule has 0 aromatic carbocycles. The van der Waals surface area contributed by atoms with E-state index in [1.807, 2.05) is 0 Å². The van der Waals surface area contributed by atoms with Crippen molar-refractivity contribution in [2.45, 2.75) is 32.4 Å². The minimum atomic E-state index is -3.17. The Hall–Kier alpha value is -0.130. The summed E-state index contributed by atoms with van der Waals surface area (Å²) in [6.07, 6.45) is 1.11. The molecule has 0 radical (unpaired) electrons. The first-order valence-corrected chi connectivity index (χ1v) is 7.07. The summed E-state index contributed by atoms with van der Waals surface area (Å²) in [5.41, 5.74) is 5.43. The number of rotatable bonds is 3. The Kier molecular flexibility index (Phi) is 4.14. The Labute approximate surface area is 92.9 Å². The third kappa shape index (κ3) is 2.92. The Bertz CT molecular complexity index is 293. The SMILES string of the molecule is CC1CC(C)CN(S(=O)(=O)C(C)CN)C1. The van der Waals surface area contributed by atoms with Gasteiger partial charge in [-0.25, -0.2) is 12.7 Å². The first-order chi connectivity index (χ1) is 6.87. The predicted molar refractivity (Wildman–Crippen MR) is 62.0 cm³/mol. The Balaban J connectivity index is 2.79. The van der Waals surface area contributed by atoms with Crippen LogP contribution in [0.15, 0.2) is 0 Å². The molecule has 0 amide bonds. The van der Waals surface area contributed by atoms with E-state index in [2.05, 4.69) is 13.8 Å². The van der Waals surface area contributed by atoms with Gasteiger partial charge in [0.05, 0.1) is 5.25 Å². The lowest BCUT2D eigenvalue weighted by Gasteiger charge is -2.35. The number of piperidine rings is 1. The van der Waals surface area contributed by atoms with E-state index in [-0.39, 0.29) is 6.54 Å². The van der Waals surface area contributed by atoms with Gasteiger partial charge in [-0.2, -0.15) is 0 Å². The summed E-state index contributed by atoms with van der Waals surface area (Å²) in [6, 6.07) is 0. The Morgan fingerprint density at radius 3 is 2.20 bits per heavy atom. The van der Waals surface area contributed by atoms with Crippen LogP contribution in [0.3, 0.4) is 0 Å². The van der Waals surface area contributed by atoms with Crippen LogP contribution in [0.4, 0.5) is 0 Å². The molecule has 0 spiro atoms. The second kappa shape index (κ2) is 4.80. The summed E-state index contributed by atoms with van der Waals surface area (Å²) in [5, 5.41) is -0.463. The molecule has 90 valence electrons. The number of hydrogen-bond donors (Lipinski definition) is 1. The summed E-state index contributed by atoms with van der Waals surface area (Å²) in [5.74, 6) is 0.905. The summed E-state index contributed by atoms with van der Waals surface area (Å²) in [4.78, 5) is 0. The minimum Gasteiger partial charge on any atom is -0.329 e. The van der Waals surface area contributed by atoms with Crippen molar-refractivity contribution in [2.75, 3.05) is 19.6 Å². The lowest BCUT2D eigenvalue weighted by molar-refractivity contribution is 0.221. The van der Waals surface area contributed by atoms with Gasteiger partial charge in [0.1, 0.15) is 0 Å². The quantitative estimate of drug-likeness (QED) is 0.779. The van der Waals surface area contributed by atoms with Gasteiger partial charge in [-0.3, -0.25) is 0 Å². The fourth-order valence-corrected chi connectivity index (χ4v) is 3.87. The van der Waals surface area contributed by atoms with Gasteiger partial charge in [0.25, 0.3) is 0 Å². The highest BCUT2D eigenvalue weighted by Crippen LogP contribution is 2.24. The summed E-state index contributed by atoms with van der Waals surface area (Å²) < 4.78 is 25.7. The molecule has 1 aliphatic rings. The van der Waals surface area contributed by atoms with Crippen molar-refractivity contribution in [1.82, 2.24) is 4.31 Å². The number of nitrogens with two attached hydrogens (primary N) is 1. The Morgan fingerprint density at radius 1 is 1.33 bits per heavy atom. The minimum absolute atomic E-state index is 0.196. The molecule has 4 nitrogen and oxygen atoms in total. The molecule has 1 heterocycles. The van der Waals surface area contributed by atoms with E-state index in [0.29, 0.717) is 24.9 Å². The second-order valence-corrected chi connectivity index (χ2v) is 7.21. The molecule has 3 unspecified atom stereocenters. The standard InChI is InChI=1S/C10H22N2O2S/c1-8-4-9(2)7-12(6-8)15(13,14)10(3)5-11/h8-10H,4-7,11H2,1-3H3. The largest absolute Gasteiger partial charge is 0.329 e. The van der Waals surface area contributed by atoms with Crippen molar-refractivity contribution in [3.63, 3.8) is 0 Å². The summed E-state index contributed by atoms with van der Waals surface area (Å²) >= 11 is 0. The topological polar surface area (TPSA) is 63.4 Å². The molecule has 0 aliphatic carbocycles. The highest BCUT2D eigenvalue weighted by molar-refractivity contribution is 7.89. The van der Waals surface area contributed by atoms with Crippen LogP contribution in [0.2, 0.25) is 0 Å². The van der Waals surface area contributed by atoms with Crippen LogP contribution >= 0.6 is 0 Å². The predicted octanol–water partition coefficient (Wildman–Crippen LogP) is 0.641.